The highest BCUT2D eigenvalue weighted by Crippen LogP contribution is 2.26. The molecule has 80 valence electrons. The Morgan fingerprint density at radius 2 is 2.19 bits per heavy atom. The SMILES string of the molecule is Cn1nc(-c2ccc3ncsc3c2)cc1N. The summed E-state index contributed by atoms with van der Waals surface area (Å²) in [5.41, 5.74) is 10.6. The second-order valence-corrected chi connectivity index (χ2v) is 4.50. The minimum absolute atomic E-state index is 0.666. The minimum Gasteiger partial charge on any atom is -0.384 e. The largest absolute Gasteiger partial charge is 0.384 e. The molecule has 2 heterocycles. The van der Waals surface area contributed by atoms with Crippen molar-refractivity contribution in [3.05, 3.63) is 29.8 Å². The van der Waals surface area contributed by atoms with Gasteiger partial charge in [0, 0.05) is 18.7 Å². The van der Waals surface area contributed by atoms with E-state index in [-0.39, 0.29) is 0 Å². The topological polar surface area (TPSA) is 56.7 Å². The first kappa shape index (κ1) is 9.35. The van der Waals surface area contributed by atoms with Crippen LogP contribution in [0.4, 0.5) is 5.82 Å². The molecule has 0 aliphatic heterocycles. The number of hydrogen-bond donors (Lipinski definition) is 1. The van der Waals surface area contributed by atoms with Gasteiger partial charge in [0.25, 0.3) is 0 Å². The average Bonchev–Trinajstić information content (AvgIpc) is 2.85. The van der Waals surface area contributed by atoms with Gasteiger partial charge in [-0.05, 0) is 12.1 Å². The molecule has 0 spiro atoms. The molecule has 0 radical (unpaired) electrons. The summed E-state index contributed by atoms with van der Waals surface area (Å²) in [7, 11) is 1.84. The highest BCUT2D eigenvalue weighted by Gasteiger charge is 2.06. The van der Waals surface area contributed by atoms with Gasteiger partial charge < -0.3 is 5.73 Å². The van der Waals surface area contributed by atoms with Gasteiger partial charge in [-0.15, -0.1) is 11.3 Å². The molecular formula is C11H10N4S. The van der Waals surface area contributed by atoms with Crippen LogP contribution in [0.1, 0.15) is 0 Å². The van der Waals surface area contributed by atoms with Crippen molar-refractivity contribution < 1.29 is 0 Å². The van der Waals surface area contributed by atoms with Crippen molar-refractivity contribution in [3.63, 3.8) is 0 Å². The first-order chi connectivity index (χ1) is 7.74. The zero-order chi connectivity index (χ0) is 11.1. The maximum atomic E-state index is 5.76. The Balaban J connectivity index is 2.17. The highest BCUT2D eigenvalue weighted by molar-refractivity contribution is 7.16. The second-order valence-electron chi connectivity index (χ2n) is 3.61. The summed E-state index contributed by atoms with van der Waals surface area (Å²) in [4.78, 5) is 4.24. The summed E-state index contributed by atoms with van der Waals surface area (Å²) >= 11 is 1.63. The molecule has 0 unspecified atom stereocenters. The van der Waals surface area contributed by atoms with Crippen LogP contribution < -0.4 is 5.73 Å². The summed E-state index contributed by atoms with van der Waals surface area (Å²) < 4.78 is 2.84. The van der Waals surface area contributed by atoms with Gasteiger partial charge in [-0.25, -0.2) is 4.98 Å². The Kier molecular flexibility index (Phi) is 1.94. The van der Waals surface area contributed by atoms with Crippen molar-refractivity contribution in [1.82, 2.24) is 14.8 Å². The van der Waals surface area contributed by atoms with E-state index in [4.69, 9.17) is 5.73 Å². The highest BCUT2D eigenvalue weighted by atomic mass is 32.1. The number of nitrogens with zero attached hydrogens (tertiary/aromatic N) is 3. The molecule has 0 saturated carbocycles. The lowest BCUT2D eigenvalue weighted by Crippen LogP contribution is -1.96. The summed E-state index contributed by atoms with van der Waals surface area (Å²) in [6.07, 6.45) is 0. The molecule has 4 nitrogen and oxygen atoms in total. The van der Waals surface area contributed by atoms with Gasteiger partial charge in [-0.3, -0.25) is 4.68 Å². The van der Waals surface area contributed by atoms with Crippen molar-refractivity contribution in [2.45, 2.75) is 0 Å². The zero-order valence-corrected chi connectivity index (χ0v) is 9.53. The van der Waals surface area contributed by atoms with Gasteiger partial charge in [0.05, 0.1) is 21.4 Å². The van der Waals surface area contributed by atoms with Crippen LogP contribution in [-0.4, -0.2) is 14.8 Å². The third kappa shape index (κ3) is 1.37. The molecule has 3 aromatic rings. The van der Waals surface area contributed by atoms with E-state index in [1.807, 2.05) is 30.8 Å². The lowest BCUT2D eigenvalue weighted by molar-refractivity contribution is 0.782. The Bertz CT molecular complexity index is 633. The standard InChI is InChI=1S/C11H10N4S/c1-15-11(12)5-9(14-15)7-2-3-8-10(4-7)16-6-13-8/h2-6H,12H2,1H3. The zero-order valence-electron chi connectivity index (χ0n) is 8.71. The number of benzene rings is 1. The molecule has 16 heavy (non-hydrogen) atoms. The Morgan fingerprint density at radius 1 is 1.31 bits per heavy atom. The number of anilines is 1. The number of nitrogen functional groups attached to an aromatic ring is 1. The molecule has 0 bridgehead atoms. The molecule has 2 N–H and O–H groups in total. The number of hydrogen-bond acceptors (Lipinski definition) is 4. The second kappa shape index (κ2) is 3.31. The number of rotatable bonds is 1. The van der Waals surface area contributed by atoms with Crippen LogP contribution in [0.25, 0.3) is 21.5 Å². The molecule has 0 saturated heterocycles. The molecule has 3 rings (SSSR count). The smallest absolute Gasteiger partial charge is 0.121 e. The predicted octanol–water partition coefficient (Wildman–Crippen LogP) is 2.28. The van der Waals surface area contributed by atoms with Crippen molar-refractivity contribution in [2.75, 3.05) is 5.73 Å². The van der Waals surface area contributed by atoms with Crippen LogP contribution in [0.15, 0.2) is 29.8 Å². The van der Waals surface area contributed by atoms with Crippen LogP contribution in [-0.2, 0) is 7.05 Å². The first-order valence-corrected chi connectivity index (χ1v) is 5.75. The van der Waals surface area contributed by atoms with E-state index in [1.165, 1.54) is 4.70 Å². The van der Waals surface area contributed by atoms with Crippen molar-refractivity contribution in [2.24, 2.45) is 7.05 Å². The normalized spacial score (nSPS) is 11.1. The number of aromatic nitrogens is 3. The van der Waals surface area contributed by atoms with Gasteiger partial charge in [0.2, 0.25) is 0 Å². The predicted molar refractivity (Wildman–Crippen MR) is 66.2 cm³/mol. The van der Waals surface area contributed by atoms with Gasteiger partial charge in [-0.2, -0.15) is 5.10 Å². The fourth-order valence-corrected chi connectivity index (χ4v) is 2.35. The van der Waals surface area contributed by atoms with Crippen LogP contribution in [0.5, 0.6) is 0 Å². The lowest BCUT2D eigenvalue weighted by Gasteiger charge is -1.95. The fourth-order valence-electron chi connectivity index (χ4n) is 1.64. The average molecular weight is 230 g/mol. The molecule has 1 aromatic carbocycles. The van der Waals surface area contributed by atoms with Gasteiger partial charge in [0.15, 0.2) is 0 Å². The lowest BCUT2D eigenvalue weighted by atomic mass is 10.1. The monoisotopic (exact) mass is 230 g/mol. The van der Waals surface area contributed by atoms with Crippen molar-refractivity contribution in [3.8, 4) is 11.3 Å². The van der Waals surface area contributed by atoms with Crippen LogP contribution >= 0.6 is 11.3 Å². The van der Waals surface area contributed by atoms with Gasteiger partial charge >= 0.3 is 0 Å². The van der Waals surface area contributed by atoms with Gasteiger partial charge in [-0.1, -0.05) is 6.07 Å². The molecular weight excluding hydrogens is 220 g/mol. The summed E-state index contributed by atoms with van der Waals surface area (Å²) in [5.74, 6) is 0.666. The minimum atomic E-state index is 0.666. The Hall–Kier alpha value is -1.88. The van der Waals surface area contributed by atoms with E-state index < -0.39 is 0 Å². The van der Waals surface area contributed by atoms with E-state index in [0.717, 1.165) is 16.8 Å². The number of thiazole rings is 1. The van der Waals surface area contributed by atoms with E-state index in [0.29, 0.717) is 5.82 Å². The molecule has 0 atom stereocenters. The van der Waals surface area contributed by atoms with Crippen LogP contribution in [0.2, 0.25) is 0 Å². The van der Waals surface area contributed by atoms with E-state index in [2.05, 4.69) is 16.1 Å². The van der Waals surface area contributed by atoms with Crippen LogP contribution in [0, 0.1) is 0 Å². The van der Waals surface area contributed by atoms with E-state index >= 15 is 0 Å². The quantitative estimate of drug-likeness (QED) is 0.697. The number of nitrogens with two attached hydrogens (primary N) is 1. The fraction of sp³-hybridized carbons (Fsp3) is 0.0909. The summed E-state index contributed by atoms with van der Waals surface area (Å²) in [6, 6.07) is 7.99. The van der Waals surface area contributed by atoms with Gasteiger partial charge in [0.1, 0.15) is 5.82 Å². The third-order valence-electron chi connectivity index (χ3n) is 2.54. The summed E-state index contributed by atoms with van der Waals surface area (Å²) in [6.45, 7) is 0. The molecule has 2 aromatic heterocycles. The van der Waals surface area contributed by atoms with Crippen molar-refractivity contribution >= 4 is 27.4 Å². The maximum absolute atomic E-state index is 5.76. The third-order valence-corrected chi connectivity index (χ3v) is 3.33. The first-order valence-electron chi connectivity index (χ1n) is 4.87. The van der Waals surface area contributed by atoms with E-state index in [9.17, 15) is 0 Å². The summed E-state index contributed by atoms with van der Waals surface area (Å²) in [5, 5.41) is 4.35. The molecule has 0 fully saturated rings. The van der Waals surface area contributed by atoms with Crippen molar-refractivity contribution in [1.29, 1.82) is 0 Å². The Labute approximate surface area is 96.3 Å². The maximum Gasteiger partial charge on any atom is 0.121 e. The molecule has 5 heteroatoms. The molecule has 0 aliphatic rings. The van der Waals surface area contributed by atoms with Crippen LogP contribution in [0.3, 0.4) is 0 Å². The molecule has 0 amide bonds. The van der Waals surface area contributed by atoms with E-state index in [1.54, 1.807) is 16.0 Å². The Morgan fingerprint density at radius 3 is 2.94 bits per heavy atom. The number of aryl methyl sites for hydroxylation is 1. The molecule has 0 aliphatic carbocycles. The number of fused-ring (bicyclic) bond motifs is 1.